The Labute approximate surface area is 216 Å². The topological polar surface area (TPSA) is 104 Å². The molecule has 1 aromatic heterocycles. The van der Waals surface area contributed by atoms with Gasteiger partial charge in [-0.1, -0.05) is 85.0 Å². The number of alkyl carbamates (subject to hydrolysis) is 1. The van der Waals surface area contributed by atoms with Crippen LogP contribution in [0.3, 0.4) is 0 Å². The third-order valence-corrected chi connectivity index (χ3v) is 6.37. The van der Waals surface area contributed by atoms with Gasteiger partial charge >= 0.3 is 23.2 Å². The zero-order chi connectivity index (χ0) is 26.6. The van der Waals surface area contributed by atoms with E-state index in [-0.39, 0.29) is 0 Å². The second-order valence-corrected chi connectivity index (χ2v) is 9.61. The van der Waals surface area contributed by atoms with E-state index in [1.54, 1.807) is 0 Å². The quantitative estimate of drug-likeness (QED) is 0.239. The molecule has 208 valence electrons. The summed E-state index contributed by atoms with van der Waals surface area (Å²) in [6, 6.07) is 0. The zero-order valence-corrected chi connectivity index (χ0v) is 23.0. The minimum absolute atomic E-state index is 0.301. The Morgan fingerprint density at radius 2 is 0.972 bits per heavy atom. The van der Waals surface area contributed by atoms with Crippen LogP contribution in [0.2, 0.25) is 0 Å². The molecule has 1 N–H and O–H groups in total. The standard InChI is InChI=1S/C27H50N4O5/c1-4-7-9-12-16-20-29-25(33)30(21-17-13-10-8-5-2)27(35)31(26(29)34)22-18-14-11-15-19-28-24(32)36-23-6-3/h4-23H2,1-3H3,(H,28,32). The van der Waals surface area contributed by atoms with E-state index in [2.05, 4.69) is 19.2 Å². The van der Waals surface area contributed by atoms with Gasteiger partial charge in [-0.25, -0.2) is 32.9 Å². The van der Waals surface area contributed by atoms with Crippen LogP contribution in [-0.4, -0.2) is 32.9 Å². The Bertz CT molecular complexity index is 851. The molecule has 0 aliphatic rings. The van der Waals surface area contributed by atoms with Gasteiger partial charge < -0.3 is 10.1 Å². The van der Waals surface area contributed by atoms with Crippen molar-refractivity contribution in [3.05, 3.63) is 31.5 Å². The summed E-state index contributed by atoms with van der Waals surface area (Å²) >= 11 is 0. The number of nitrogens with zero attached hydrogens (tertiary/aromatic N) is 3. The van der Waals surface area contributed by atoms with Crippen molar-refractivity contribution in [2.45, 2.75) is 137 Å². The first-order valence-electron chi connectivity index (χ1n) is 14.3. The van der Waals surface area contributed by atoms with Gasteiger partial charge in [0.15, 0.2) is 0 Å². The maximum absolute atomic E-state index is 13.1. The Balaban J connectivity index is 2.76. The SMILES string of the molecule is CCCCCCCn1c(=O)n(CCCCCCC)c(=O)n(CCCCCCNC(=O)OCCC)c1=O. The fourth-order valence-corrected chi connectivity index (χ4v) is 4.19. The second-order valence-electron chi connectivity index (χ2n) is 9.61. The monoisotopic (exact) mass is 510 g/mol. The average Bonchev–Trinajstić information content (AvgIpc) is 2.87. The molecule has 36 heavy (non-hydrogen) atoms. The van der Waals surface area contributed by atoms with Gasteiger partial charge in [-0.15, -0.1) is 0 Å². The summed E-state index contributed by atoms with van der Waals surface area (Å²) < 4.78 is 8.76. The van der Waals surface area contributed by atoms with Crippen LogP contribution in [0.1, 0.15) is 117 Å². The van der Waals surface area contributed by atoms with Crippen molar-refractivity contribution in [2.75, 3.05) is 13.2 Å². The third kappa shape index (κ3) is 12.1. The minimum atomic E-state index is -0.483. The highest BCUT2D eigenvalue weighted by molar-refractivity contribution is 5.66. The molecule has 0 unspecified atom stereocenters. The lowest BCUT2D eigenvalue weighted by molar-refractivity contribution is 0.146. The molecule has 0 saturated heterocycles. The smallest absolute Gasteiger partial charge is 0.407 e. The van der Waals surface area contributed by atoms with Crippen LogP contribution in [0.4, 0.5) is 4.79 Å². The molecule has 0 fully saturated rings. The van der Waals surface area contributed by atoms with Crippen molar-refractivity contribution in [1.82, 2.24) is 19.0 Å². The van der Waals surface area contributed by atoms with Crippen LogP contribution in [0, 0.1) is 0 Å². The number of carbonyl (C=O) groups excluding carboxylic acids is 1. The lowest BCUT2D eigenvalue weighted by atomic mass is 10.1. The molecule has 1 aromatic rings. The summed E-state index contributed by atoms with van der Waals surface area (Å²) in [5, 5.41) is 2.72. The highest BCUT2D eigenvalue weighted by Crippen LogP contribution is 2.05. The lowest BCUT2D eigenvalue weighted by Crippen LogP contribution is -2.54. The number of nitrogens with one attached hydrogen (secondary N) is 1. The number of amides is 1. The van der Waals surface area contributed by atoms with Crippen molar-refractivity contribution in [3.8, 4) is 0 Å². The normalized spacial score (nSPS) is 11.1. The first-order chi connectivity index (χ1) is 17.5. The average molecular weight is 511 g/mol. The number of hydrogen-bond acceptors (Lipinski definition) is 5. The van der Waals surface area contributed by atoms with Crippen LogP contribution < -0.4 is 22.4 Å². The number of hydrogen-bond donors (Lipinski definition) is 1. The fourth-order valence-electron chi connectivity index (χ4n) is 4.19. The van der Waals surface area contributed by atoms with Crippen LogP contribution >= 0.6 is 0 Å². The highest BCUT2D eigenvalue weighted by Gasteiger charge is 2.15. The molecule has 0 radical (unpaired) electrons. The van der Waals surface area contributed by atoms with Crippen LogP contribution in [0.25, 0.3) is 0 Å². The van der Waals surface area contributed by atoms with Gasteiger partial charge in [0.05, 0.1) is 6.61 Å². The molecule has 9 heteroatoms. The molecule has 0 atom stereocenters. The Hall–Kier alpha value is -2.32. The molecule has 0 aliphatic heterocycles. The number of carbonyl (C=O) groups is 1. The molecular weight excluding hydrogens is 460 g/mol. The number of ether oxygens (including phenoxy) is 1. The lowest BCUT2D eigenvalue weighted by Gasteiger charge is -2.14. The van der Waals surface area contributed by atoms with E-state index in [9.17, 15) is 19.2 Å². The molecule has 0 bridgehead atoms. The Morgan fingerprint density at radius 3 is 1.36 bits per heavy atom. The van der Waals surface area contributed by atoms with Crippen LogP contribution in [0.5, 0.6) is 0 Å². The molecule has 0 aliphatic carbocycles. The van der Waals surface area contributed by atoms with E-state index in [0.717, 1.165) is 89.9 Å². The molecule has 1 rings (SSSR count). The predicted octanol–water partition coefficient (Wildman–Crippen LogP) is 4.81. The molecule has 0 saturated carbocycles. The molecule has 0 spiro atoms. The molecule has 1 heterocycles. The van der Waals surface area contributed by atoms with Gasteiger partial charge in [0, 0.05) is 26.2 Å². The summed E-state index contributed by atoms with van der Waals surface area (Å²) in [5.41, 5.74) is -1.43. The van der Waals surface area contributed by atoms with Crippen LogP contribution in [0.15, 0.2) is 14.4 Å². The predicted molar refractivity (Wildman–Crippen MR) is 145 cm³/mol. The summed E-state index contributed by atoms with van der Waals surface area (Å²) in [7, 11) is 0. The van der Waals surface area contributed by atoms with E-state index < -0.39 is 23.2 Å². The van der Waals surface area contributed by atoms with E-state index in [1.165, 1.54) is 13.7 Å². The highest BCUT2D eigenvalue weighted by atomic mass is 16.5. The van der Waals surface area contributed by atoms with Gasteiger partial charge in [0.25, 0.3) is 0 Å². The van der Waals surface area contributed by atoms with Crippen molar-refractivity contribution in [1.29, 1.82) is 0 Å². The minimum Gasteiger partial charge on any atom is -0.450 e. The van der Waals surface area contributed by atoms with Crippen molar-refractivity contribution >= 4 is 6.09 Å². The third-order valence-electron chi connectivity index (χ3n) is 6.37. The summed E-state index contributed by atoms with van der Waals surface area (Å²) in [6.07, 6.45) is 13.7. The summed E-state index contributed by atoms with van der Waals surface area (Å²) in [6.45, 7) is 8.22. The molecule has 1 amide bonds. The Morgan fingerprint density at radius 1 is 0.583 bits per heavy atom. The summed E-state index contributed by atoms with van der Waals surface area (Å²) in [4.78, 5) is 50.7. The maximum atomic E-state index is 13.1. The van der Waals surface area contributed by atoms with Crippen molar-refractivity contribution in [3.63, 3.8) is 0 Å². The number of unbranched alkanes of at least 4 members (excludes halogenated alkanes) is 11. The number of aromatic nitrogens is 3. The second kappa shape index (κ2) is 19.8. The van der Waals surface area contributed by atoms with Crippen molar-refractivity contribution < 1.29 is 9.53 Å². The van der Waals surface area contributed by atoms with E-state index in [1.807, 2.05) is 6.92 Å². The maximum Gasteiger partial charge on any atom is 0.407 e. The zero-order valence-electron chi connectivity index (χ0n) is 23.0. The van der Waals surface area contributed by atoms with Gasteiger partial charge in [-0.3, -0.25) is 0 Å². The number of rotatable bonds is 21. The van der Waals surface area contributed by atoms with Gasteiger partial charge in [-0.2, -0.15) is 0 Å². The first kappa shape index (κ1) is 31.7. The summed E-state index contributed by atoms with van der Waals surface area (Å²) in [5.74, 6) is 0. The van der Waals surface area contributed by atoms with Crippen LogP contribution in [-0.2, 0) is 24.4 Å². The van der Waals surface area contributed by atoms with Gasteiger partial charge in [-0.05, 0) is 32.1 Å². The molecular formula is C27H50N4O5. The van der Waals surface area contributed by atoms with Gasteiger partial charge in [0.1, 0.15) is 0 Å². The van der Waals surface area contributed by atoms with E-state index in [0.29, 0.717) is 39.2 Å². The molecule has 9 nitrogen and oxygen atoms in total. The van der Waals surface area contributed by atoms with E-state index >= 15 is 0 Å². The van der Waals surface area contributed by atoms with E-state index in [4.69, 9.17) is 4.74 Å². The largest absolute Gasteiger partial charge is 0.450 e. The first-order valence-corrected chi connectivity index (χ1v) is 14.3. The van der Waals surface area contributed by atoms with Gasteiger partial charge in [0.2, 0.25) is 0 Å². The fraction of sp³-hybridized carbons (Fsp3) is 0.852. The van der Waals surface area contributed by atoms with Crippen molar-refractivity contribution in [2.24, 2.45) is 0 Å². The Kier molecular flexibility index (Phi) is 17.5. The molecule has 0 aromatic carbocycles.